The van der Waals surface area contributed by atoms with Crippen LogP contribution in [-0.4, -0.2) is 36.6 Å². The molecule has 1 atom stereocenters. The molecule has 0 spiro atoms. The SMILES string of the molecule is CCN(CC)C(CNC(=O)Nc1c(C)cc(C)cc1C)CC(C)C. The van der Waals surface area contributed by atoms with Crippen LogP contribution < -0.4 is 10.6 Å². The Morgan fingerprint density at radius 2 is 1.62 bits per heavy atom. The Labute approximate surface area is 148 Å². The molecule has 0 bridgehead atoms. The molecule has 0 aromatic heterocycles. The van der Waals surface area contributed by atoms with Crippen molar-refractivity contribution >= 4 is 11.7 Å². The Hall–Kier alpha value is -1.55. The summed E-state index contributed by atoms with van der Waals surface area (Å²) < 4.78 is 0. The standard InChI is InChI=1S/C20H35N3O/c1-8-23(9-2)18(10-14(3)4)13-21-20(24)22-19-16(6)11-15(5)12-17(19)7/h11-12,14,18H,8-10,13H2,1-7H3,(H2,21,22,24). The second-order valence-corrected chi connectivity index (χ2v) is 7.11. The number of nitrogens with zero attached hydrogens (tertiary/aromatic N) is 1. The van der Waals surface area contributed by atoms with E-state index in [0.717, 1.165) is 36.3 Å². The Balaban J connectivity index is 2.69. The molecule has 4 nitrogen and oxygen atoms in total. The first-order valence-electron chi connectivity index (χ1n) is 9.15. The van der Waals surface area contributed by atoms with Gasteiger partial charge in [-0.15, -0.1) is 0 Å². The van der Waals surface area contributed by atoms with E-state index in [9.17, 15) is 4.79 Å². The van der Waals surface area contributed by atoms with Gasteiger partial charge in [-0.2, -0.15) is 0 Å². The summed E-state index contributed by atoms with van der Waals surface area (Å²) in [6.07, 6.45) is 1.09. The number of carbonyl (C=O) groups excluding carboxylic acids is 1. The van der Waals surface area contributed by atoms with Gasteiger partial charge in [-0.3, -0.25) is 4.90 Å². The van der Waals surface area contributed by atoms with Gasteiger partial charge < -0.3 is 10.6 Å². The Morgan fingerprint density at radius 3 is 2.08 bits per heavy atom. The molecule has 1 unspecified atom stereocenters. The van der Waals surface area contributed by atoms with Crippen LogP contribution in [0.15, 0.2) is 12.1 Å². The van der Waals surface area contributed by atoms with Crippen LogP contribution in [0.2, 0.25) is 0 Å². The summed E-state index contributed by atoms with van der Waals surface area (Å²) in [6.45, 7) is 17.7. The van der Waals surface area contributed by atoms with Crippen molar-refractivity contribution in [2.45, 2.75) is 60.9 Å². The van der Waals surface area contributed by atoms with E-state index in [1.54, 1.807) is 0 Å². The first kappa shape index (κ1) is 20.5. The molecule has 2 amide bonds. The number of benzene rings is 1. The molecule has 0 aliphatic heterocycles. The van der Waals surface area contributed by atoms with Crippen LogP contribution in [0, 0.1) is 26.7 Å². The number of amides is 2. The Morgan fingerprint density at radius 1 is 1.08 bits per heavy atom. The van der Waals surface area contributed by atoms with Gasteiger partial charge in [-0.05, 0) is 57.3 Å². The van der Waals surface area contributed by atoms with E-state index in [-0.39, 0.29) is 6.03 Å². The maximum atomic E-state index is 12.4. The fourth-order valence-electron chi connectivity index (χ4n) is 3.39. The smallest absolute Gasteiger partial charge is 0.319 e. The summed E-state index contributed by atoms with van der Waals surface area (Å²) >= 11 is 0. The predicted octanol–water partition coefficient (Wildman–Crippen LogP) is 4.49. The number of nitrogens with one attached hydrogen (secondary N) is 2. The minimum Gasteiger partial charge on any atom is -0.336 e. The highest BCUT2D eigenvalue weighted by atomic mass is 16.2. The third-order valence-electron chi connectivity index (χ3n) is 4.49. The van der Waals surface area contributed by atoms with E-state index >= 15 is 0 Å². The second kappa shape index (κ2) is 9.67. The lowest BCUT2D eigenvalue weighted by Gasteiger charge is -2.31. The van der Waals surface area contributed by atoms with Gasteiger partial charge in [0.1, 0.15) is 0 Å². The number of hydrogen-bond acceptors (Lipinski definition) is 2. The molecule has 2 N–H and O–H groups in total. The molecular formula is C20H35N3O. The topological polar surface area (TPSA) is 44.4 Å². The molecule has 0 radical (unpaired) electrons. The average Bonchev–Trinajstić information content (AvgIpc) is 2.49. The molecule has 0 fully saturated rings. The molecule has 4 heteroatoms. The van der Waals surface area contributed by atoms with Crippen LogP contribution in [0.25, 0.3) is 0 Å². The highest BCUT2D eigenvalue weighted by molar-refractivity contribution is 5.91. The van der Waals surface area contributed by atoms with Crippen LogP contribution in [0.3, 0.4) is 0 Å². The molecule has 0 aliphatic carbocycles. The van der Waals surface area contributed by atoms with Gasteiger partial charge in [0.2, 0.25) is 0 Å². The van der Waals surface area contributed by atoms with Gasteiger partial charge in [0.25, 0.3) is 0 Å². The molecule has 0 saturated carbocycles. The van der Waals surface area contributed by atoms with Crippen molar-refractivity contribution < 1.29 is 4.79 Å². The van der Waals surface area contributed by atoms with Crippen molar-refractivity contribution in [1.82, 2.24) is 10.2 Å². The monoisotopic (exact) mass is 333 g/mol. The molecule has 1 aromatic carbocycles. The first-order valence-corrected chi connectivity index (χ1v) is 9.15. The number of rotatable bonds is 8. The van der Waals surface area contributed by atoms with Crippen molar-refractivity contribution in [3.05, 3.63) is 28.8 Å². The fourth-order valence-corrected chi connectivity index (χ4v) is 3.39. The average molecular weight is 334 g/mol. The quantitative estimate of drug-likeness (QED) is 0.736. The molecular weight excluding hydrogens is 298 g/mol. The maximum Gasteiger partial charge on any atom is 0.319 e. The van der Waals surface area contributed by atoms with Gasteiger partial charge in [-0.25, -0.2) is 4.79 Å². The largest absolute Gasteiger partial charge is 0.336 e. The molecule has 0 heterocycles. The highest BCUT2D eigenvalue weighted by Gasteiger charge is 2.18. The molecule has 136 valence electrons. The fraction of sp³-hybridized carbons (Fsp3) is 0.650. The highest BCUT2D eigenvalue weighted by Crippen LogP contribution is 2.21. The van der Waals surface area contributed by atoms with E-state index < -0.39 is 0 Å². The van der Waals surface area contributed by atoms with Crippen LogP contribution in [0.1, 0.15) is 50.8 Å². The van der Waals surface area contributed by atoms with E-state index in [2.05, 4.69) is 62.3 Å². The van der Waals surface area contributed by atoms with Gasteiger partial charge in [0.05, 0.1) is 0 Å². The van der Waals surface area contributed by atoms with Crippen molar-refractivity contribution in [2.24, 2.45) is 5.92 Å². The number of urea groups is 1. The van der Waals surface area contributed by atoms with Crippen LogP contribution in [0.5, 0.6) is 0 Å². The van der Waals surface area contributed by atoms with Crippen LogP contribution in [0.4, 0.5) is 10.5 Å². The number of carbonyl (C=O) groups is 1. The number of likely N-dealkylation sites (N-methyl/N-ethyl adjacent to an activating group) is 1. The zero-order chi connectivity index (χ0) is 18.3. The van der Waals surface area contributed by atoms with Crippen LogP contribution in [-0.2, 0) is 0 Å². The zero-order valence-corrected chi connectivity index (χ0v) is 16.5. The molecule has 1 rings (SSSR count). The minimum atomic E-state index is -0.119. The molecule has 0 saturated heterocycles. The zero-order valence-electron chi connectivity index (χ0n) is 16.5. The third-order valence-corrected chi connectivity index (χ3v) is 4.49. The summed E-state index contributed by atoms with van der Waals surface area (Å²) in [5.74, 6) is 0.613. The van der Waals surface area contributed by atoms with Crippen molar-refractivity contribution in [1.29, 1.82) is 0 Å². The van der Waals surface area contributed by atoms with Crippen LogP contribution >= 0.6 is 0 Å². The number of anilines is 1. The first-order chi connectivity index (χ1) is 11.3. The maximum absolute atomic E-state index is 12.4. The molecule has 1 aromatic rings. The van der Waals surface area contributed by atoms with Gasteiger partial charge >= 0.3 is 6.03 Å². The predicted molar refractivity (Wildman–Crippen MR) is 104 cm³/mol. The summed E-state index contributed by atoms with van der Waals surface area (Å²) in [5, 5.41) is 6.08. The van der Waals surface area contributed by atoms with E-state index in [4.69, 9.17) is 0 Å². The lowest BCUT2D eigenvalue weighted by molar-refractivity contribution is 0.186. The molecule has 24 heavy (non-hydrogen) atoms. The van der Waals surface area contributed by atoms with E-state index in [1.165, 1.54) is 5.56 Å². The van der Waals surface area contributed by atoms with E-state index in [0.29, 0.717) is 18.5 Å². The number of aryl methyl sites for hydroxylation is 3. The third kappa shape index (κ3) is 6.16. The van der Waals surface area contributed by atoms with Crippen molar-refractivity contribution in [3.8, 4) is 0 Å². The van der Waals surface area contributed by atoms with Gasteiger partial charge in [-0.1, -0.05) is 45.4 Å². The van der Waals surface area contributed by atoms with Gasteiger partial charge in [0.15, 0.2) is 0 Å². The lowest BCUT2D eigenvalue weighted by Crippen LogP contribution is -2.45. The number of hydrogen-bond donors (Lipinski definition) is 2. The minimum absolute atomic E-state index is 0.119. The van der Waals surface area contributed by atoms with Crippen molar-refractivity contribution in [2.75, 3.05) is 25.0 Å². The van der Waals surface area contributed by atoms with Crippen molar-refractivity contribution in [3.63, 3.8) is 0 Å². The van der Waals surface area contributed by atoms with E-state index in [1.807, 2.05) is 13.8 Å². The second-order valence-electron chi connectivity index (χ2n) is 7.11. The summed E-state index contributed by atoms with van der Waals surface area (Å²) in [4.78, 5) is 14.8. The normalized spacial score (nSPS) is 12.5. The van der Waals surface area contributed by atoms with Gasteiger partial charge in [0, 0.05) is 18.3 Å². The Bertz CT molecular complexity index is 513. The lowest BCUT2D eigenvalue weighted by atomic mass is 10.0. The Kier molecular flexibility index (Phi) is 8.26. The molecule has 0 aliphatic rings. The summed E-state index contributed by atoms with van der Waals surface area (Å²) in [6, 6.07) is 4.46. The summed E-state index contributed by atoms with van der Waals surface area (Å²) in [7, 11) is 0. The summed E-state index contributed by atoms with van der Waals surface area (Å²) in [5.41, 5.74) is 4.34.